The topological polar surface area (TPSA) is 93.5 Å². The highest BCUT2D eigenvalue weighted by molar-refractivity contribution is 6.30. The average Bonchev–Trinajstić information content (AvgIpc) is 3.13. The van der Waals surface area contributed by atoms with E-state index in [0.29, 0.717) is 18.1 Å². The molecule has 1 aromatic rings. The van der Waals surface area contributed by atoms with Crippen LogP contribution >= 0.6 is 11.6 Å². The number of amides is 1. The summed E-state index contributed by atoms with van der Waals surface area (Å²) in [6, 6.07) is 0. The number of rotatable bonds is 5. The van der Waals surface area contributed by atoms with E-state index < -0.39 is 17.8 Å². The number of aliphatic carboxylic acids is 1. The minimum atomic E-state index is -0.957. The Morgan fingerprint density at radius 3 is 2.76 bits per heavy atom. The number of carbonyl (C=O) groups is 2. The number of halogens is 1. The molecule has 2 bridgehead atoms. The summed E-state index contributed by atoms with van der Waals surface area (Å²) in [5, 5.41) is 16.6. The van der Waals surface area contributed by atoms with Gasteiger partial charge < -0.3 is 15.2 Å². The van der Waals surface area contributed by atoms with Crippen LogP contribution in [-0.2, 0) is 20.9 Å². The maximum Gasteiger partial charge on any atom is 0.310 e. The Balaban J connectivity index is 1.56. The summed E-state index contributed by atoms with van der Waals surface area (Å²) in [5.74, 6) is -2.54. The van der Waals surface area contributed by atoms with Crippen LogP contribution in [-0.4, -0.2) is 45.5 Å². The van der Waals surface area contributed by atoms with Crippen LogP contribution in [0.4, 0.5) is 0 Å². The number of hydrogen-bond donors (Lipinski definition) is 2. The van der Waals surface area contributed by atoms with Crippen LogP contribution in [0.25, 0.3) is 0 Å². The molecule has 1 amide bonds. The van der Waals surface area contributed by atoms with Crippen LogP contribution in [0.15, 0.2) is 12.4 Å². The van der Waals surface area contributed by atoms with Crippen molar-refractivity contribution < 1.29 is 19.4 Å². The van der Waals surface area contributed by atoms with Gasteiger partial charge in [-0.05, 0) is 12.8 Å². The summed E-state index contributed by atoms with van der Waals surface area (Å²) in [6.07, 6.45) is 4.06. The number of nitrogens with zero attached hydrogens (tertiary/aromatic N) is 2. The van der Waals surface area contributed by atoms with Crippen molar-refractivity contribution in [2.75, 3.05) is 6.54 Å². The number of carbonyl (C=O) groups excluding carboxylic acids is 1. The number of fused-ring (bicyclic) bond motifs is 2. The fourth-order valence-electron chi connectivity index (χ4n) is 3.20. The van der Waals surface area contributed by atoms with Crippen molar-refractivity contribution in [2.24, 2.45) is 11.8 Å². The van der Waals surface area contributed by atoms with Crippen molar-refractivity contribution in [2.45, 2.75) is 31.6 Å². The normalized spacial score (nSPS) is 30.5. The molecule has 0 saturated carbocycles. The van der Waals surface area contributed by atoms with E-state index in [1.165, 1.54) is 6.20 Å². The number of hydrogen-bond acceptors (Lipinski definition) is 4. The molecule has 0 spiro atoms. The number of carboxylic acids is 1. The molecule has 8 heteroatoms. The van der Waals surface area contributed by atoms with Crippen LogP contribution in [0.3, 0.4) is 0 Å². The minimum Gasteiger partial charge on any atom is -0.481 e. The molecule has 0 aromatic carbocycles. The van der Waals surface area contributed by atoms with E-state index >= 15 is 0 Å². The summed E-state index contributed by atoms with van der Waals surface area (Å²) < 4.78 is 7.19. The molecule has 3 rings (SSSR count). The van der Waals surface area contributed by atoms with Crippen molar-refractivity contribution in [1.29, 1.82) is 0 Å². The van der Waals surface area contributed by atoms with Crippen LogP contribution in [0.5, 0.6) is 0 Å². The second-order valence-electron chi connectivity index (χ2n) is 5.39. The SMILES string of the molecule is O=C(O)C1C2CCC(O2)C1C(=O)NCCn1cc(Cl)cn1. The fourth-order valence-corrected chi connectivity index (χ4v) is 3.35. The van der Waals surface area contributed by atoms with Crippen molar-refractivity contribution in [1.82, 2.24) is 15.1 Å². The monoisotopic (exact) mass is 313 g/mol. The Bertz CT molecular complexity index is 561. The lowest BCUT2D eigenvalue weighted by Gasteiger charge is -2.23. The van der Waals surface area contributed by atoms with Crippen LogP contribution in [0.1, 0.15) is 12.8 Å². The highest BCUT2D eigenvalue weighted by Crippen LogP contribution is 2.43. The predicted molar refractivity (Wildman–Crippen MR) is 72.8 cm³/mol. The van der Waals surface area contributed by atoms with Gasteiger partial charge in [-0.15, -0.1) is 0 Å². The van der Waals surface area contributed by atoms with Gasteiger partial charge >= 0.3 is 5.97 Å². The van der Waals surface area contributed by atoms with Gasteiger partial charge in [0.05, 0.1) is 41.8 Å². The molecule has 21 heavy (non-hydrogen) atoms. The lowest BCUT2D eigenvalue weighted by molar-refractivity contribution is -0.147. The lowest BCUT2D eigenvalue weighted by Crippen LogP contribution is -2.44. The molecule has 4 atom stereocenters. The van der Waals surface area contributed by atoms with Gasteiger partial charge in [0, 0.05) is 12.7 Å². The maximum absolute atomic E-state index is 12.2. The number of ether oxygens (including phenoxy) is 1. The standard InChI is InChI=1S/C13H16ClN3O4/c14-7-5-16-17(6-7)4-3-15-12(18)10-8-1-2-9(21-8)11(10)13(19)20/h5-6,8-11H,1-4H2,(H,15,18)(H,19,20). The maximum atomic E-state index is 12.2. The quantitative estimate of drug-likeness (QED) is 0.827. The summed E-state index contributed by atoms with van der Waals surface area (Å²) in [6.45, 7) is 0.856. The van der Waals surface area contributed by atoms with E-state index in [-0.39, 0.29) is 18.1 Å². The van der Waals surface area contributed by atoms with Gasteiger partial charge in [-0.1, -0.05) is 11.6 Å². The van der Waals surface area contributed by atoms with Gasteiger partial charge in [0.2, 0.25) is 5.91 Å². The molecule has 2 N–H and O–H groups in total. The molecule has 2 fully saturated rings. The molecule has 1 aromatic heterocycles. The first-order chi connectivity index (χ1) is 10.1. The van der Waals surface area contributed by atoms with E-state index in [4.69, 9.17) is 16.3 Å². The highest BCUT2D eigenvalue weighted by atomic mass is 35.5. The zero-order valence-electron chi connectivity index (χ0n) is 11.2. The zero-order chi connectivity index (χ0) is 15.0. The van der Waals surface area contributed by atoms with Gasteiger partial charge in [-0.2, -0.15) is 5.10 Å². The molecule has 2 aliphatic rings. The molecule has 0 radical (unpaired) electrons. The van der Waals surface area contributed by atoms with E-state index in [9.17, 15) is 14.7 Å². The van der Waals surface area contributed by atoms with E-state index in [1.54, 1.807) is 10.9 Å². The lowest BCUT2D eigenvalue weighted by atomic mass is 9.79. The molecule has 2 aliphatic heterocycles. The van der Waals surface area contributed by atoms with E-state index in [0.717, 1.165) is 12.8 Å². The number of carboxylic acid groups (broad SMARTS) is 1. The van der Waals surface area contributed by atoms with Crippen molar-refractivity contribution in [3.63, 3.8) is 0 Å². The summed E-state index contributed by atoms with van der Waals surface area (Å²) >= 11 is 5.75. The van der Waals surface area contributed by atoms with Crippen molar-refractivity contribution in [3.8, 4) is 0 Å². The Kier molecular flexibility index (Phi) is 3.86. The second kappa shape index (κ2) is 5.65. The third kappa shape index (κ3) is 2.75. The van der Waals surface area contributed by atoms with Crippen molar-refractivity contribution >= 4 is 23.5 Å². The Morgan fingerprint density at radius 1 is 1.43 bits per heavy atom. The number of aromatic nitrogens is 2. The third-order valence-corrected chi connectivity index (χ3v) is 4.30. The van der Waals surface area contributed by atoms with Crippen LogP contribution < -0.4 is 5.32 Å². The largest absolute Gasteiger partial charge is 0.481 e. The highest BCUT2D eigenvalue weighted by Gasteiger charge is 2.55. The minimum absolute atomic E-state index is 0.257. The van der Waals surface area contributed by atoms with Crippen LogP contribution in [0.2, 0.25) is 5.02 Å². The fraction of sp³-hybridized carbons (Fsp3) is 0.615. The van der Waals surface area contributed by atoms with E-state index in [2.05, 4.69) is 10.4 Å². The van der Waals surface area contributed by atoms with E-state index in [1.807, 2.05) is 0 Å². The first-order valence-corrected chi connectivity index (χ1v) is 7.28. The first-order valence-electron chi connectivity index (χ1n) is 6.90. The molecule has 3 heterocycles. The molecule has 7 nitrogen and oxygen atoms in total. The Labute approximate surface area is 126 Å². The van der Waals surface area contributed by atoms with Gasteiger partial charge in [0.25, 0.3) is 0 Å². The zero-order valence-corrected chi connectivity index (χ0v) is 12.0. The Morgan fingerprint density at radius 2 is 2.14 bits per heavy atom. The smallest absolute Gasteiger partial charge is 0.310 e. The van der Waals surface area contributed by atoms with Gasteiger partial charge in [-0.25, -0.2) is 0 Å². The van der Waals surface area contributed by atoms with Gasteiger partial charge in [0.15, 0.2) is 0 Å². The van der Waals surface area contributed by atoms with Gasteiger partial charge in [0.1, 0.15) is 0 Å². The third-order valence-electron chi connectivity index (χ3n) is 4.10. The molecule has 114 valence electrons. The molecular formula is C13H16ClN3O4. The van der Waals surface area contributed by atoms with Crippen LogP contribution in [0, 0.1) is 11.8 Å². The molecular weight excluding hydrogens is 298 g/mol. The summed E-state index contributed by atoms with van der Waals surface area (Å²) in [5.41, 5.74) is 0. The summed E-state index contributed by atoms with van der Waals surface area (Å²) in [4.78, 5) is 23.6. The second-order valence-corrected chi connectivity index (χ2v) is 5.83. The first kappa shape index (κ1) is 14.3. The van der Waals surface area contributed by atoms with Gasteiger partial charge in [-0.3, -0.25) is 14.3 Å². The average molecular weight is 314 g/mol. The molecule has 2 saturated heterocycles. The number of nitrogens with one attached hydrogen (secondary N) is 1. The van der Waals surface area contributed by atoms with Crippen molar-refractivity contribution in [3.05, 3.63) is 17.4 Å². The molecule has 0 aliphatic carbocycles. The Hall–Kier alpha value is -1.60. The predicted octanol–water partition coefficient (Wildman–Crippen LogP) is 0.531. The summed E-state index contributed by atoms with van der Waals surface area (Å²) in [7, 11) is 0. The molecule has 4 unspecified atom stereocenters.